The van der Waals surface area contributed by atoms with Crippen LogP contribution in [0, 0.1) is 23.7 Å². The van der Waals surface area contributed by atoms with Crippen molar-refractivity contribution < 1.29 is 24.2 Å². The molecule has 0 aromatic rings. The third kappa shape index (κ3) is 2.93. The van der Waals surface area contributed by atoms with Crippen LogP contribution in [0.4, 0.5) is 0 Å². The van der Waals surface area contributed by atoms with Gasteiger partial charge in [0.15, 0.2) is 0 Å². The molecular weight excluding hydrogens is 272 g/mol. The third-order valence-electron chi connectivity index (χ3n) is 5.46. The zero-order valence-corrected chi connectivity index (χ0v) is 12.7. The first-order valence-electron chi connectivity index (χ1n) is 7.97. The minimum atomic E-state index is -1.18. The molecule has 5 unspecified atom stereocenters. The van der Waals surface area contributed by atoms with Crippen LogP contribution in [0.2, 0.25) is 0 Å². The normalized spacial score (nSPS) is 37.5. The molecule has 3 saturated carbocycles. The summed E-state index contributed by atoms with van der Waals surface area (Å²) in [6, 6.07) is 0. The van der Waals surface area contributed by atoms with E-state index in [-0.39, 0.29) is 6.10 Å². The van der Waals surface area contributed by atoms with Gasteiger partial charge in [0.2, 0.25) is 5.79 Å². The molecule has 3 aliphatic rings. The van der Waals surface area contributed by atoms with Crippen molar-refractivity contribution in [1.29, 1.82) is 0 Å². The van der Waals surface area contributed by atoms with Crippen molar-refractivity contribution in [2.45, 2.75) is 64.3 Å². The van der Waals surface area contributed by atoms with Crippen LogP contribution >= 0.6 is 0 Å². The van der Waals surface area contributed by atoms with E-state index >= 15 is 0 Å². The molecule has 21 heavy (non-hydrogen) atoms. The van der Waals surface area contributed by atoms with Crippen LogP contribution < -0.4 is 0 Å². The van der Waals surface area contributed by atoms with Crippen molar-refractivity contribution in [3.8, 4) is 0 Å². The highest BCUT2D eigenvalue weighted by atomic mass is 16.7. The monoisotopic (exact) mass is 296 g/mol. The lowest BCUT2D eigenvalue weighted by Gasteiger charge is -2.36. The Morgan fingerprint density at radius 2 is 1.86 bits per heavy atom. The average Bonchev–Trinajstić information content (AvgIpc) is 2.95. The number of aliphatic carboxylic acids is 1. The van der Waals surface area contributed by atoms with E-state index in [1.54, 1.807) is 13.8 Å². The summed E-state index contributed by atoms with van der Waals surface area (Å²) in [4.78, 5) is 22.0. The molecule has 5 heteroatoms. The molecule has 0 radical (unpaired) electrons. The second-order valence-corrected chi connectivity index (χ2v) is 7.25. The number of carboxylic acid groups (broad SMARTS) is 1. The number of rotatable bonds is 5. The molecule has 0 saturated heterocycles. The quantitative estimate of drug-likeness (QED) is 0.479. The maximum Gasteiger partial charge on any atom is 0.319 e. The van der Waals surface area contributed by atoms with Gasteiger partial charge in [-0.05, 0) is 49.4 Å². The Balaban J connectivity index is 1.56. The fourth-order valence-electron chi connectivity index (χ4n) is 4.96. The molecule has 0 aromatic heterocycles. The van der Waals surface area contributed by atoms with Crippen LogP contribution in [0.15, 0.2) is 0 Å². The molecule has 0 aliphatic heterocycles. The highest BCUT2D eigenvalue weighted by Crippen LogP contribution is 2.59. The van der Waals surface area contributed by atoms with Crippen molar-refractivity contribution in [3.05, 3.63) is 0 Å². The Morgan fingerprint density at radius 1 is 1.14 bits per heavy atom. The minimum Gasteiger partial charge on any atom is -0.481 e. The Bertz CT molecular complexity index is 444. The zero-order chi connectivity index (χ0) is 15.2. The van der Waals surface area contributed by atoms with E-state index in [9.17, 15) is 9.59 Å². The van der Waals surface area contributed by atoms with Gasteiger partial charge in [0.05, 0.1) is 6.10 Å². The van der Waals surface area contributed by atoms with Gasteiger partial charge < -0.3 is 14.6 Å². The summed E-state index contributed by atoms with van der Waals surface area (Å²) in [7, 11) is 0. The Labute approximate surface area is 125 Å². The molecular formula is C16H24O5. The van der Waals surface area contributed by atoms with Gasteiger partial charge in [-0.1, -0.05) is 6.42 Å². The first-order chi connectivity index (χ1) is 9.85. The standard InChI is InChI=1S/C16H24O5/c1-16(2,21-15(19)8-14(17)18)20-13-7-9-6-12(13)11-5-3-4-10(9)11/h9-13H,3-8H2,1-2H3,(H,17,18). The minimum absolute atomic E-state index is 0.155. The lowest BCUT2D eigenvalue weighted by atomic mass is 9.80. The molecule has 0 spiro atoms. The van der Waals surface area contributed by atoms with Gasteiger partial charge in [-0.15, -0.1) is 0 Å². The molecule has 2 bridgehead atoms. The van der Waals surface area contributed by atoms with Crippen molar-refractivity contribution in [2.75, 3.05) is 0 Å². The first-order valence-corrected chi connectivity index (χ1v) is 7.97. The van der Waals surface area contributed by atoms with E-state index in [2.05, 4.69) is 0 Å². The van der Waals surface area contributed by atoms with Gasteiger partial charge in [0.25, 0.3) is 0 Å². The van der Waals surface area contributed by atoms with Crippen LogP contribution in [-0.2, 0) is 19.1 Å². The van der Waals surface area contributed by atoms with Crippen LogP contribution in [0.3, 0.4) is 0 Å². The van der Waals surface area contributed by atoms with Crippen LogP contribution in [0.5, 0.6) is 0 Å². The Hall–Kier alpha value is -1.10. The predicted molar refractivity (Wildman–Crippen MR) is 74.3 cm³/mol. The molecule has 0 amide bonds. The van der Waals surface area contributed by atoms with Gasteiger partial charge in [-0.25, -0.2) is 0 Å². The number of esters is 1. The number of carbonyl (C=O) groups is 2. The lowest BCUT2D eigenvalue weighted by Crippen LogP contribution is -2.40. The number of hydrogen-bond donors (Lipinski definition) is 1. The summed E-state index contributed by atoms with van der Waals surface area (Å²) in [6.07, 6.45) is 5.87. The van der Waals surface area contributed by atoms with Crippen molar-refractivity contribution in [3.63, 3.8) is 0 Å². The van der Waals surface area contributed by atoms with Crippen LogP contribution in [-0.4, -0.2) is 28.9 Å². The lowest BCUT2D eigenvalue weighted by molar-refractivity contribution is -0.241. The molecule has 3 rings (SSSR count). The topological polar surface area (TPSA) is 72.8 Å². The van der Waals surface area contributed by atoms with Gasteiger partial charge in [0.1, 0.15) is 6.42 Å². The summed E-state index contributed by atoms with van der Waals surface area (Å²) in [5, 5.41) is 8.61. The summed E-state index contributed by atoms with van der Waals surface area (Å²) >= 11 is 0. The molecule has 1 N–H and O–H groups in total. The fraction of sp³-hybridized carbons (Fsp3) is 0.875. The second kappa shape index (κ2) is 5.27. The Kier molecular flexibility index (Phi) is 3.72. The number of carboxylic acids is 1. The SMILES string of the molecule is CC(C)(OC(=O)CC(=O)O)OC1CC2CC1C1CCCC21. The van der Waals surface area contributed by atoms with E-state index in [1.807, 2.05) is 0 Å². The molecule has 3 aliphatic carbocycles. The first kappa shape index (κ1) is 14.8. The Morgan fingerprint density at radius 3 is 2.57 bits per heavy atom. The maximum atomic E-state index is 11.5. The average molecular weight is 296 g/mol. The van der Waals surface area contributed by atoms with Crippen molar-refractivity contribution >= 4 is 11.9 Å². The van der Waals surface area contributed by atoms with Crippen molar-refractivity contribution in [2.24, 2.45) is 23.7 Å². The number of fused-ring (bicyclic) bond motifs is 5. The molecule has 0 heterocycles. The van der Waals surface area contributed by atoms with Crippen LogP contribution in [0.1, 0.15) is 52.4 Å². The van der Waals surface area contributed by atoms with Crippen molar-refractivity contribution in [1.82, 2.24) is 0 Å². The highest BCUT2D eigenvalue weighted by molar-refractivity contribution is 5.90. The number of carbonyl (C=O) groups excluding carboxylic acids is 1. The van der Waals surface area contributed by atoms with E-state index in [0.29, 0.717) is 5.92 Å². The van der Waals surface area contributed by atoms with E-state index in [1.165, 1.54) is 25.7 Å². The summed E-state index contributed by atoms with van der Waals surface area (Å²) in [6.45, 7) is 3.40. The fourth-order valence-corrected chi connectivity index (χ4v) is 4.96. The summed E-state index contributed by atoms with van der Waals surface area (Å²) in [5.41, 5.74) is 0. The van der Waals surface area contributed by atoms with Gasteiger partial charge in [-0.3, -0.25) is 9.59 Å². The zero-order valence-electron chi connectivity index (χ0n) is 12.7. The molecule has 118 valence electrons. The van der Waals surface area contributed by atoms with Gasteiger partial charge in [-0.2, -0.15) is 0 Å². The largest absolute Gasteiger partial charge is 0.481 e. The summed E-state index contributed by atoms with van der Waals surface area (Å²) in [5.74, 6) is 0.0964. The predicted octanol–water partition coefficient (Wildman–Crippen LogP) is 2.58. The molecule has 3 fully saturated rings. The van der Waals surface area contributed by atoms with E-state index in [4.69, 9.17) is 14.6 Å². The number of ether oxygens (including phenoxy) is 2. The molecule has 0 aromatic carbocycles. The smallest absolute Gasteiger partial charge is 0.319 e. The second-order valence-electron chi connectivity index (χ2n) is 7.25. The molecule has 5 atom stereocenters. The summed E-state index contributed by atoms with van der Waals surface area (Å²) < 4.78 is 11.2. The maximum absolute atomic E-state index is 11.5. The number of hydrogen-bond acceptors (Lipinski definition) is 4. The van der Waals surface area contributed by atoms with E-state index < -0.39 is 24.1 Å². The highest BCUT2D eigenvalue weighted by Gasteiger charge is 2.55. The molecule has 5 nitrogen and oxygen atoms in total. The van der Waals surface area contributed by atoms with E-state index in [0.717, 1.165) is 24.2 Å². The van der Waals surface area contributed by atoms with Gasteiger partial charge >= 0.3 is 11.9 Å². The van der Waals surface area contributed by atoms with Crippen LogP contribution in [0.25, 0.3) is 0 Å². The van der Waals surface area contributed by atoms with Gasteiger partial charge in [0, 0.05) is 13.8 Å². The third-order valence-corrected chi connectivity index (χ3v) is 5.46.